The first-order valence-corrected chi connectivity index (χ1v) is 6.32. The summed E-state index contributed by atoms with van der Waals surface area (Å²) in [6.07, 6.45) is 3.64. The van der Waals surface area contributed by atoms with Gasteiger partial charge >= 0.3 is 5.97 Å². The second-order valence-corrected chi connectivity index (χ2v) is 4.63. The molecule has 0 radical (unpaired) electrons. The fourth-order valence-electron chi connectivity index (χ4n) is 2.63. The van der Waals surface area contributed by atoms with Crippen LogP contribution in [0.15, 0.2) is 0 Å². The van der Waals surface area contributed by atoms with Gasteiger partial charge in [0.1, 0.15) is 5.54 Å². The van der Waals surface area contributed by atoms with Crippen molar-refractivity contribution in [2.24, 2.45) is 5.73 Å². The molecule has 0 aromatic heterocycles. The topological polar surface area (TPSA) is 83.6 Å². The highest BCUT2D eigenvalue weighted by molar-refractivity contribution is 5.87. The molecule has 0 bridgehead atoms. The second-order valence-electron chi connectivity index (χ2n) is 4.63. The first-order chi connectivity index (χ1) is 8.08. The molecule has 5 nitrogen and oxygen atoms in total. The Morgan fingerprint density at radius 2 is 2.18 bits per heavy atom. The van der Waals surface area contributed by atoms with Crippen LogP contribution < -0.4 is 5.73 Å². The fourth-order valence-corrected chi connectivity index (χ4v) is 2.63. The van der Waals surface area contributed by atoms with Crippen LogP contribution in [0.5, 0.6) is 0 Å². The minimum Gasteiger partial charge on any atom is -0.479 e. The first-order valence-electron chi connectivity index (χ1n) is 6.32. The number of amides is 1. The number of nitrogens with two attached hydrogens (primary N) is 1. The van der Waals surface area contributed by atoms with Crippen molar-refractivity contribution >= 4 is 11.9 Å². The Kier molecular flexibility index (Phi) is 4.93. The number of nitrogens with zero attached hydrogens (tertiary/aromatic N) is 1. The Hall–Kier alpha value is -1.10. The number of hydrogen-bond acceptors (Lipinski definition) is 3. The van der Waals surface area contributed by atoms with Gasteiger partial charge in [-0.15, -0.1) is 0 Å². The molecular weight excluding hydrogens is 220 g/mol. The predicted molar refractivity (Wildman–Crippen MR) is 64.5 cm³/mol. The standard InChI is InChI=1S/C12H22N2O3/c1-2-6-12(11(16)17)7-4-9-14(12)10(15)5-3-8-13/h2-9,13H2,1H3,(H,16,17). The molecule has 98 valence electrons. The molecule has 1 heterocycles. The molecule has 1 aliphatic heterocycles. The molecule has 1 aliphatic rings. The van der Waals surface area contributed by atoms with Gasteiger partial charge < -0.3 is 15.7 Å². The van der Waals surface area contributed by atoms with Crippen molar-refractivity contribution in [3.63, 3.8) is 0 Å². The van der Waals surface area contributed by atoms with Gasteiger partial charge in [0.25, 0.3) is 0 Å². The van der Waals surface area contributed by atoms with Gasteiger partial charge in [-0.05, 0) is 32.2 Å². The van der Waals surface area contributed by atoms with Crippen LogP contribution in [0, 0.1) is 0 Å². The summed E-state index contributed by atoms with van der Waals surface area (Å²) in [4.78, 5) is 25.1. The van der Waals surface area contributed by atoms with Gasteiger partial charge in [-0.1, -0.05) is 13.3 Å². The number of carbonyl (C=O) groups excluding carboxylic acids is 1. The largest absolute Gasteiger partial charge is 0.479 e. The van der Waals surface area contributed by atoms with Crippen LogP contribution in [0.4, 0.5) is 0 Å². The third-order valence-corrected chi connectivity index (χ3v) is 3.45. The van der Waals surface area contributed by atoms with E-state index in [0.717, 1.165) is 12.8 Å². The van der Waals surface area contributed by atoms with E-state index < -0.39 is 11.5 Å². The van der Waals surface area contributed by atoms with Crippen LogP contribution in [-0.2, 0) is 9.59 Å². The van der Waals surface area contributed by atoms with Crippen LogP contribution >= 0.6 is 0 Å². The molecule has 17 heavy (non-hydrogen) atoms. The molecule has 0 aromatic rings. The monoisotopic (exact) mass is 242 g/mol. The highest BCUT2D eigenvalue weighted by atomic mass is 16.4. The maximum Gasteiger partial charge on any atom is 0.329 e. The fraction of sp³-hybridized carbons (Fsp3) is 0.833. The Morgan fingerprint density at radius 3 is 2.71 bits per heavy atom. The lowest BCUT2D eigenvalue weighted by molar-refractivity contribution is -0.157. The van der Waals surface area contributed by atoms with Crippen molar-refractivity contribution in [3.8, 4) is 0 Å². The van der Waals surface area contributed by atoms with Crippen LogP contribution in [0.2, 0.25) is 0 Å². The molecule has 0 spiro atoms. The normalized spacial score (nSPS) is 24.0. The number of hydrogen-bond donors (Lipinski definition) is 2. The predicted octanol–water partition coefficient (Wildman–Crippen LogP) is 0.971. The SMILES string of the molecule is CCCC1(C(=O)O)CCCN1C(=O)CCCN. The summed E-state index contributed by atoms with van der Waals surface area (Å²) in [5.41, 5.74) is 4.42. The molecule has 1 fully saturated rings. The summed E-state index contributed by atoms with van der Waals surface area (Å²) < 4.78 is 0. The minimum atomic E-state index is -0.958. The lowest BCUT2D eigenvalue weighted by atomic mass is 9.90. The molecule has 1 amide bonds. The van der Waals surface area contributed by atoms with E-state index in [-0.39, 0.29) is 5.91 Å². The van der Waals surface area contributed by atoms with Crippen molar-refractivity contribution < 1.29 is 14.7 Å². The molecule has 3 N–H and O–H groups in total. The van der Waals surface area contributed by atoms with Crippen molar-refractivity contribution in [3.05, 3.63) is 0 Å². The van der Waals surface area contributed by atoms with E-state index in [9.17, 15) is 14.7 Å². The van der Waals surface area contributed by atoms with Gasteiger partial charge in [-0.2, -0.15) is 0 Å². The number of likely N-dealkylation sites (tertiary alicyclic amines) is 1. The smallest absolute Gasteiger partial charge is 0.329 e. The maximum absolute atomic E-state index is 12.0. The molecule has 1 unspecified atom stereocenters. The zero-order valence-corrected chi connectivity index (χ0v) is 10.4. The van der Waals surface area contributed by atoms with Crippen molar-refractivity contribution in [2.45, 2.75) is 51.0 Å². The van der Waals surface area contributed by atoms with Crippen LogP contribution in [-0.4, -0.2) is 40.5 Å². The van der Waals surface area contributed by atoms with Gasteiger partial charge in [0.15, 0.2) is 0 Å². The Bertz CT molecular complexity index is 293. The number of carboxylic acids is 1. The third kappa shape index (κ3) is 2.77. The van der Waals surface area contributed by atoms with Crippen LogP contribution in [0.1, 0.15) is 45.4 Å². The number of rotatable bonds is 6. The van der Waals surface area contributed by atoms with Crippen molar-refractivity contribution in [2.75, 3.05) is 13.1 Å². The quantitative estimate of drug-likeness (QED) is 0.727. The first kappa shape index (κ1) is 14.0. The summed E-state index contributed by atoms with van der Waals surface area (Å²) >= 11 is 0. The van der Waals surface area contributed by atoms with E-state index in [1.807, 2.05) is 6.92 Å². The van der Waals surface area contributed by atoms with E-state index in [1.165, 1.54) is 0 Å². The zero-order chi connectivity index (χ0) is 12.9. The Morgan fingerprint density at radius 1 is 1.47 bits per heavy atom. The van der Waals surface area contributed by atoms with Gasteiger partial charge in [0.05, 0.1) is 0 Å². The van der Waals surface area contributed by atoms with E-state index in [0.29, 0.717) is 38.8 Å². The highest BCUT2D eigenvalue weighted by Gasteiger charge is 2.48. The summed E-state index contributed by atoms with van der Waals surface area (Å²) in [5.74, 6) is -0.929. The molecule has 1 rings (SSSR count). The van der Waals surface area contributed by atoms with Crippen molar-refractivity contribution in [1.82, 2.24) is 4.90 Å². The zero-order valence-electron chi connectivity index (χ0n) is 10.4. The average molecular weight is 242 g/mol. The highest BCUT2D eigenvalue weighted by Crippen LogP contribution is 2.34. The van der Waals surface area contributed by atoms with Gasteiger partial charge in [0, 0.05) is 13.0 Å². The molecule has 1 saturated heterocycles. The third-order valence-electron chi connectivity index (χ3n) is 3.45. The molecule has 5 heteroatoms. The number of carboxylic acid groups (broad SMARTS) is 1. The van der Waals surface area contributed by atoms with E-state index >= 15 is 0 Å². The molecule has 1 atom stereocenters. The molecular formula is C12H22N2O3. The molecule has 0 saturated carbocycles. The number of carbonyl (C=O) groups is 2. The summed E-state index contributed by atoms with van der Waals surface area (Å²) in [5, 5.41) is 9.42. The van der Waals surface area contributed by atoms with E-state index in [2.05, 4.69) is 0 Å². The average Bonchev–Trinajstić information content (AvgIpc) is 2.71. The van der Waals surface area contributed by atoms with E-state index in [1.54, 1.807) is 4.90 Å². The van der Waals surface area contributed by atoms with E-state index in [4.69, 9.17) is 5.73 Å². The summed E-state index contributed by atoms with van der Waals surface area (Å²) in [7, 11) is 0. The minimum absolute atomic E-state index is 0.0659. The van der Waals surface area contributed by atoms with Gasteiger partial charge in [0.2, 0.25) is 5.91 Å². The molecule has 0 aromatic carbocycles. The summed E-state index contributed by atoms with van der Waals surface area (Å²) in [6.45, 7) is 2.98. The van der Waals surface area contributed by atoms with Crippen LogP contribution in [0.3, 0.4) is 0 Å². The number of aliphatic carboxylic acids is 1. The second kappa shape index (κ2) is 6.00. The maximum atomic E-state index is 12.0. The lowest BCUT2D eigenvalue weighted by Crippen LogP contribution is -2.53. The Balaban J connectivity index is 2.81. The summed E-state index contributed by atoms with van der Waals surface area (Å²) in [6, 6.07) is 0. The Labute approximate surface area is 102 Å². The van der Waals surface area contributed by atoms with Crippen LogP contribution in [0.25, 0.3) is 0 Å². The lowest BCUT2D eigenvalue weighted by Gasteiger charge is -2.34. The van der Waals surface area contributed by atoms with Gasteiger partial charge in [-0.3, -0.25) is 4.79 Å². The van der Waals surface area contributed by atoms with Crippen molar-refractivity contribution in [1.29, 1.82) is 0 Å². The van der Waals surface area contributed by atoms with Gasteiger partial charge in [-0.25, -0.2) is 4.79 Å². The molecule has 0 aliphatic carbocycles.